The van der Waals surface area contributed by atoms with Gasteiger partial charge in [-0.15, -0.1) is 0 Å². The summed E-state index contributed by atoms with van der Waals surface area (Å²) < 4.78 is 2.38. The quantitative estimate of drug-likeness (QED) is 0.749. The monoisotopic (exact) mass is 222 g/mol. The number of nitrogens with zero attached hydrogens (tertiary/aromatic N) is 1. The molecule has 0 bridgehead atoms. The van der Waals surface area contributed by atoms with Crippen molar-refractivity contribution in [3.63, 3.8) is 0 Å². The van der Waals surface area contributed by atoms with Crippen LogP contribution in [0.2, 0.25) is 0 Å². The highest BCUT2D eigenvalue weighted by atomic mass is 15.0. The molecule has 1 N–H and O–H groups in total. The second-order valence-electron chi connectivity index (χ2n) is 5.19. The molecular formula is C14H26N2. The van der Waals surface area contributed by atoms with Crippen LogP contribution in [-0.2, 0) is 13.1 Å². The Bertz CT molecular complexity index is 289. The molecular weight excluding hydrogens is 196 g/mol. The smallest absolute Gasteiger partial charge is 0.0359 e. The lowest BCUT2D eigenvalue weighted by Crippen LogP contribution is -2.21. The van der Waals surface area contributed by atoms with Crippen LogP contribution >= 0.6 is 0 Å². The van der Waals surface area contributed by atoms with Crippen molar-refractivity contribution >= 4 is 0 Å². The minimum absolute atomic E-state index is 0.720. The molecule has 0 spiro atoms. The summed E-state index contributed by atoms with van der Waals surface area (Å²) in [4.78, 5) is 0. The van der Waals surface area contributed by atoms with E-state index in [1.54, 1.807) is 0 Å². The average molecular weight is 222 g/mol. The van der Waals surface area contributed by atoms with Gasteiger partial charge in [0.05, 0.1) is 0 Å². The van der Waals surface area contributed by atoms with Gasteiger partial charge in [0.15, 0.2) is 0 Å². The SMILES string of the molecule is CCC(C)Cn1cccc1CNCC(C)C. The van der Waals surface area contributed by atoms with Gasteiger partial charge in [-0.05, 0) is 30.5 Å². The molecule has 0 aliphatic rings. The van der Waals surface area contributed by atoms with Crippen LogP contribution < -0.4 is 5.32 Å². The van der Waals surface area contributed by atoms with Crippen LogP contribution in [0.5, 0.6) is 0 Å². The van der Waals surface area contributed by atoms with Gasteiger partial charge in [-0.25, -0.2) is 0 Å². The van der Waals surface area contributed by atoms with E-state index in [1.165, 1.54) is 12.1 Å². The number of nitrogens with one attached hydrogen (secondary N) is 1. The lowest BCUT2D eigenvalue weighted by Gasteiger charge is -2.14. The molecule has 2 heteroatoms. The first-order valence-corrected chi connectivity index (χ1v) is 6.48. The molecule has 1 atom stereocenters. The molecule has 2 nitrogen and oxygen atoms in total. The summed E-state index contributed by atoms with van der Waals surface area (Å²) in [6.45, 7) is 12.3. The van der Waals surface area contributed by atoms with Gasteiger partial charge in [0.1, 0.15) is 0 Å². The first-order chi connectivity index (χ1) is 7.63. The molecule has 0 aliphatic heterocycles. The molecule has 0 radical (unpaired) electrons. The molecule has 1 heterocycles. The lowest BCUT2D eigenvalue weighted by molar-refractivity contribution is 0.452. The van der Waals surface area contributed by atoms with Crippen molar-refractivity contribution in [3.05, 3.63) is 24.0 Å². The van der Waals surface area contributed by atoms with E-state index in [-0.39, 0.29) is 0 Å². The van der Waals surface area contributed by atoms with E-state index in [9.17, 15) is 0 Å². The Morgan fingerprint density at radius 3 is 2.69 bits per heavy atom. The summed E-state index contributed by atoms with van der Waals surface area (Å²) >= 11 is 0. The molecule has 1 unspecified atom stereocenters. The minimum atomic E-state index is 0.720. The number of aromatic nitrogens is 1. The predicted molar refractivity (Wildman–Crippen MR) is 70.4 cm³/mol. The van der Waals surface area contributed by atoms with Crippen molar-refractivity contribution in [2.45, 2.75) is 47.2 Å². The second-order valence-corrected chi connectivity index (χ2v) is 5.19. The summed E-state index contributed by atoms with van der Waals surface area (Å²) in [6, 6.07) is 4.37. The maximum atomic E-state index is 3.50. The van der Waals surface area contributed by atoms with Crippen LogP contribution in [0.3, 0.4) is 0 Å². The van der Waals surface area contributed by atoms with Gasteiger partial charge < -0.3 is 9.88 Å². The normalized spacial score (nSPS) is 13.3. The summed E-state index contributed by atoms with van der Waals surface area (Å²) in [5, 5.41) is 3.50. The molecule has 0 saturated carbocycles. The Kier molecular flexibility index (Phi) is 5.61. The molecule has 0 fully saturated rings. The first kappa shape index (κ1) is 13.3. The molecule has 92 valence electrons. The summed E-state index contributed by atoms with van der Waals surface area (Å²) in [5.74, 6) is 1.48. The molecule has 1 aromatic heterocycles. The van der Waals surface area contributed by atoms with Crippen molar-refractivity contribution in [2.75, 3.05) is 6.54 Å². The van der Waals surface area contributed by atoms with Gasteiger partial charge in [0.25, 0.3) is 0 Å². The van der Waals surface area contributed by atoms with E-state index in [1.807, 2.05) is 0 Å². The van der Waals surface area contributed by atoms with Crippen LogP contribution in [0, 0.1) is 11.8 Å². The molecule has 0 amide bonds. The number of hydrogen-bond acceptors (Lipinski definition) is 1. The third-order valence-electron chi connectivity index (χ3n) is 2.99. The van der Waals surface area contributed by atoms with Gasteiger partial charge in [-0.3, -0.25) is 0 Å². The summed E-state index contributed by atoms with van der Waals surface area (Å²) in [6.07, 6.45) is 3.44. The van der Waals surface area contributed by atoms with Gasteiger partial charge in [0.2, 0.25) is 0 Å². The molecule has 0 aromatic carbocycles. The van der Waals surface area contributed by atoms with Gasteiger partial charge in [-0.1, -0.05) is 34.1 Å². The van der Waals surface area contributed by atoms with E-state index in [0.717, 1.165) is 31.5 Å². The van der Waals surface area contributed by atoms with Crippen molar-refractivity contribution < 1.29 is 0 Å². The van der Waals surface area contributed by atoms with Gasteiger partial charge in [-0.2, -0.15) is 0 Å². The number of hydrogen-bond donors (Lipinski definition) is 1. The van der Waals surface area contributed by atoms with Crippen LogP contribution in [0.4, 0.5) is 0 Å². The molecule has 1 rings (SSSR count). The van der Waals surface area contributed by atoms with Gasteiger partial charge >= 0.3 is 0 Å². The zero-order chi connectivity index (χ0) is 12.0. The largest absolute Gasteiger partial charge is 0.350 e. The number of rotatable bonds is 7. The lowest BCUT2D eigenvalue weighted by atomic mass is 10.1. The van der Waals surface area contributed by atoms with Crippen molar-refractivity contribution in [3.8, 4) is 0 Å². The Morgan fingerprint density at radius 1 is 1.31 bits per heavy atom. The molecule has 16 heavy (non-hydrogen) atoms. The zero-order valence-electron chi connectivity index (χ0n) is 11.2. The van der Waals surface area contributed by atoms with E-state index < -0.39 is 0 Å². The minimum Gasteiger partial charge on any atom is -0.350 e. The van der Waals surface area contributed by atoms with E-state index in [4.69, 9.17) is 0 Å². The Balaban J connectivity index is 2.44. The topological polar surface area (TPSA) is 17.0 Å². The Hall–Kier alpha value is -0.760. The van der Waals surface area contributed by atoms with E-state index in [0.29, 0.717) is 0 Å². The fourth-order valence-corrected chi connectivity index (χ4v) is 1.74. The van der Waals surface area contributed by atoms with Crippen LogP contribution in [0.1, 0.15) is 39.8 Å². The molecule has 0 saturated heterocycles. The third kappa shape index (κ3) is 4.40. The molecule has 0 aliphatic carbocycles. The van der Waals surface area contributed by atoms with E-state index in [2.05, 4.69) is 55.9 Å². The van der Waals surface area contributed by atoms with Crippen molar-refractivity contribution in [1.82, 2.24) is 9.88 Å². The Labute approximate surface area is 100 Å². The second kappa shape index (κ2) is 6.74. The summed E-state index contributed by atoms with van der Waals surface area (Å²) in [7, 11) is 0. The summed E-state index contributed by atoms with van der Waals surface area (Å²) in [5.41, 5.74) is 1.40. The van der Waals surface area contributed by atoms with Crippen LogP contribution in [0.15, 0.2) is 18.3 Å². The maximum Gasteiger partial charge on any atom is 0.0359 e. The Morgan fingerprint density at radius 2 is 2.06 bits per heavy atom. The fraction of sp³-hybridized carbons (Fsp3) is 0.714. The first-order valence-electron chi connectivity index (χ1n) is 6.48. The third-order valence-corrected chi connectivity index (χ3v) is 2.99. The van der Waals surface area contributed by atoms with Crippen molar-refractivity contribution in [1.29, 1.82) is 0 Å². The van der Waals surface area contributed by atoms with E-state index >= 15 is 0 Å². The molecule has 1 aromatic rings. The van der Waals surface area contributed by atoms with Crippen molar-refractivity contribution in [2.24, 2.45) is 11.8 Å². The van der Waals surface area contributed by atoms with Crippen LogP contribution in [-0.4, -0.2) is 11.1 Å². The standard InChI is InChI=1S/C14H26N2/c1-5-13(4)11-16-8-6-7-14(16)10-15-9-12(2)3/h6-8,12-13,15H,5,9-11H2,1-4H3. The maximum absolute atomic E-state index is 3.50. The highest BCUT2D eigenvalue weighted by molar-refractivity contribution is 5.07. The zero-order valence-corrected chi connectivity index (χ0v) is 11.2. The average Bonchev–Trinajstić information content (AvgIpc) is 2.65. The predicted octanol–water partition coefficient (Wildman–Crippen LogP) is 3.28. The van der Waals surface area contributed by atoms with Crippen LogP contribution in [0.25, 0.3) is 0 Å². The fourth-order valence-electron chi connectivity index (χ4n) is 1.74. The van der Waals surface area contributed by atoms with Gasteiger partial charge in [0, 0.05) is 25.0 Å². The highest BCUT2D eigenvalue weighted by Gasteiger charge is 2.04. The highest BCUT2D eigenvalue weighted by Crippen LogP contribution is 2.09.